The second kappa shape index (κ2) is 5.52. The van der Waals surface area contributed by atoms with Crippen LogP contribution in [0.1, 0.15) is 30.2 Å². The number of fused-ring (bicyclic) bond motifs is 1. The number of hydrogen-bond acceptors (Lipinski definition) is 2. The van der Waals surface area contributed by atoms with Crippen LogP contribution in [0.3, 0.4) is 0 Å². The summed E-state index contributed by atoms with van der Waals surface area (Å²) in [4.78, 5) is 14.7. The van der Waals surface area contributed by atoms with Gasteiger partial charge in [0.2, 0.25) is 0 Å². The van der Waals surface area contributed by atoms with Crippen LogP contribution >= 0.6 is 11.8 Å². The molecular weight excluding hydrogens is 268 g/mol. The predicted molar refractivity (Wildman–Crippen MR) is 85.6 cm³/mol. The Morgan fingerprint density at radius 3 is 2.65 bits per heavy atom. The van der Waals surface area contributed by atoms with E-state index in [9.17, 15) is 4.79 Å². The lowest BCUT2D eigenvalue weighted by molar-refractivity contribution is 0.0774. The maximum Gasteiger partial charge on any atom is 0.254 e. The number of benzene rings is 1. The van der Waals surface area contributed by atoms with Crippen LogP contribution in [-0.4, -0.2) is 40.0 Å². The molecule has 20 heavy (non-hydrogen) atoms. The van der Waals surface area contributed by atoms with Crippen molar-refractivity contribution < 1.29 is 4.79 Å². The quantitative estimate of drug-likeness (QED) is 0.846. The van der Waals surface area contributed by atoms with E-state index in [1.807, 2.05) is 28.8 Å². The van der Waals surface area contributed by atoms with E-state index in [0.29, 0.717) is 6.04 Å². The lowest BCUT2D eigenvalue weighted by atomic mass is 10.1. The molecule has 2 aromatic rings. The molecule has 0 aliphatic carbocycles. The highest BCUT2D eigenvalue weighted by atomic mass is 32.2. The van der Waals surface area contributed by atoms with Crippen molar-refractivity contribution in [2.45, 2.75) is 19.9 Å². The van der Waals surface area contributed by atoms with Crippen LogP contribution in [0.5, 0.6) is 0 Å². The van der Waals surface area contributed by atoms with Gasteiger partial charge < -0.3 is 9.47 Å². The van der Waals surface area contributed by atoms with E-state index in [1.54, 1.807) is 0 Å². The molecule has 3 rings (SSSR count). The first-order chi connectivity index (χ1) is 9.68. The average Bonchev–Trinajstić information content (AvgIpc) is 2.91. The van der Waals surface area contributed by atoms with Crippen LogP contribution in [-0.2, 0) is 0 Å². The number of carbonyl (C=O) groups excluding carboxylic acids is 1. The summed E-state index contributed by atoms with van der Waals surface area (Å²) in [5.41, 5.74) is 1.99. The monoisotopic (exact) mass is 288 g/mol. The van der Waals surface area contributed by atoms with Crippen LogP contribution in [0.4, 0.5) is 0 Å². The summed E-state index contributed by atoms with van der Waals surface area (Å²) in [5, 5.41) is 1.07. The van der Waals surface area contributed by atoms with Gasteiger partial charge in [-0.2, -0.15) is 11.8 Å². The normalized spacial score (nSPS) is 16.1. The van der Waals surface area contributed by atoms with Gasteiger partial charge in [0.25, 0.3) is 5.91 Å². The maximum atomic E-state index is 12.7. The molecule has 1 aliphatic rings. The second-order valence-electron chi connectivity index (χ2n) is 5.46. The van der Waals surface area contributed by atoms with E-state index in [2.05, 4.69) is 36.7 Å². The summed E-state index contributed by atoms with van der Waals surface area (Å²) in [6, 6.07) is 8.52. The molecule has 0 atom stereocenters. The Balaban J connectivity index is 2.01. The van der Waals surface area contributed by atoms with Crippen LogP contribution in [0.25, 0.3) is 10.9 Å². The van der Waals surface area contributed by atoms with E-state index in [-0.39, 0.29) is 5.91 Å². The molecule has 0 bridgehead atoms. The van der Waals surface area contributed by atoms with E-state index in [0.717, 1.165) is 41.1 Å². The molecular formula is C16H20N2OS. The highest BCUT2D eigenvalue weighted by Gasteiger charge is 2.21. The van der Waals surface area contributed by atoms with Crippen LogP contribution < -0.4 is 0 Å². The zero-order valence-corrected chi connectivity index (χ0v) is 12.8. The number of thioether (sulfide) groups is 1. The Bertz CT molecular complexity index is 626. The van der Waals surface area contributed by atoms with Gasteiger partial charge in [-0.1, -0.05) is 6.07 Å². The Morgan fingerprint density at radius 1 is 1.20 bits per heavy atom. The fourth-order valence-electron chi connectivity index (χ4n) is 2.76. The molecule has 0 spiro atoms. The summed E-state index contributed by atoms with van der Waals surface area (Å²) in [6.45, 7) is 6.06. The van der Waals surface area contributed by atoms with Crippen LogP contribution in [0.15, 0.2) is 30.5 Å². The zero-order chi connectivity index (χ0) is 14.1. The van der Waals surface area contributed by atoms with E-state index in [4.69, 9.17) is 0 Å². The molecule has 106 valence electrons. The lowest BCUT2D eigenvalue weighted by Gasteiger charge is -2.26. The third-order valence-corrected chi connectivity index (χ3v) is 4.79. The van der Waals surface area contributed by atoms with Crippen molar-refractivity contribution in [1.29, 1.82) is 0 Å². The van der Waals surface area contributed by atoms with Gasteiger partial charge in [0.1, 0.15) is 0 Å². The molecule has 1 aliphatic heterocycles. The highest BCUT2D eigenvalue weighted by molar-refractivity contribution is 7.99. The topological polar surface area (TPSA) is 25.2 Å². The summed E-state index contributed by atoms with van der Waals surface area (Å²) >= 11 is 1.92. The fraction of sp³-hybridized carbons (Fsp3) is 0.438. The second-order valence-corrected chi connectivity index (χ2v) is 6.68. The zero-order valence-electron chi connectivity index (χ0n) is 12.0. The minimum absolute atomic E-state index is 0.178. The molecule has 0 radical (unpaired) electrons. The van der Waals surface area contributed by atoms with E-state index >= 15 is 0 Å². The van der Waals surface area contributed by atoms with Gasteiger partial charge in [0.15, 0.2) is 0 Å². The Hall–Kier alpha value is -1.42. The molecule has 1 aromatic carbocycles. The lowest BCUT2D eigenvalue weighted by Crippen LogP contribution is -2.37. The van der Waals surface area contributed by atoms with Crippen molar-refractivity contribution in [1.82, 2.24) is 9.47 Å². The van der Waals surface area contributed by atoms with Gasteiger partial charge in [-0.05, 0) is 32.0 Å². The van der Waals surface area contributed by atoms with Gasteiger partial charge in [0, 0.05) is 53.3 Å². The molecule has 1 fully saturated rings. The van der Waals surface area contributed by atoms with Crippen LogP contribution in [0.2, 0.25) is 0 Å². The largest absolute Gasteiger partial charge is 0.345 e. The molecule has 0 N–H and O–H groups in total. The smallest absolute Gasteiger partial charge is 0.254 e. The van der Waals surface area contributed by atoms with Gasteiger partial charge in [-0.15, -0.1) is 0 Å². The van der Waals surface area contributed by atoms with Crippen molar-refractivity contribution in [3.05, 3.63) is 36.0 Å². The predicted octanol–water partition coefficient (Wildman–Crippen LogP) is 3.41. The molecule has 3 nitrogen and oxygen atoms in total. The van der Waals surface area contributed by atoms with Crippen LogP contribution in [0, 0.1) is 0 Å². The summed E-state index contributed by atoms with van der Waals surface area (Å²) in [5.74, 6) is 2.28. The van der Waals surface area contributed by atoms with Crippen molar-refractivity contribution in [2.75, 3.05) is 24.6 Å². The summed E-state index contributed by atoms with van der Waals surface area (Å²) < 4.78 is 2.22. The van der Waals surface area contributed by atoms with Crippen molar-refractivity contribution >= 4 is 28.6 Å². The Kier molecular flexibility index (Phi) is 3.74. The molecule has 4 heteroatoms. The molecule has 1 amide bonds. The average molecular weight is 288 g/mol. The third-order valence-electron chi connectivity index (χ3n) is 3.85. The Labute approximate surface area is 123 Å². The SMILES string of the molecule is CC(C)n1ccc2c(C(=O)N3CCSCC3)cccc21. The third kappa shape index (κ3) is 2.33. The number of nitrogens with zero attached hydrogens (tertiary/aromatic N) is 2. The molecule has 0 unspecified atom stereocenters. The Morgan fingerprint density at radius 2 is 1.95 bits per heavy atom. The highest BCUT2D eigenvalue weighted by Crippen LogP contribution is 2.25. The molecule has 2 heterocycles. The number of rotatable bonds is 2. The van der Waals surface area contributed by atoms with Gasteiger partial charge in [0.05, 0.1) is 0 Å². The van der Waals surface area contributed by atoms with Crippen molar-refractivity contribution in [3.63, 3.8) is 0 Å². The van der Waals surface area contributed by atoms with Crippen molar-refractivity contribution in [3.8, 4) is 0 Å². The van der Waals surface area contributed by atoms with Crippen molar-refractivity contribution in [2.24, 2.45) is 0 Å². The van der Waals surface area contributed by atoms with Gasteiger partial charge in [-0.3, -0.25) is 4.79 Å². The number of carbonyl (C=O) groups is 1. The minimum Gasteiger partial charge on any atom is -0.345 e. The van der Waals surface area contributed by atoms with Gasteiger partial charge in [-0.25, -0.2) is 0 Å². The molecule has 1 aromatic heterocycles. The summed E-state index contributed by atoms with van der Waals surface area (Å²) in [6.07, 6.45) is 2.08. The van der Waals surface area contributed by atoms with Gasteiger partial charge >= 0.3 is 0 Å². The fourth-order valence-corrected chi connectivity index (χ4v) is 3.67. The summed E-state index contributed by atoms with van der Waals surface area (Å²) in [7, 11) is 0. The first-order valence-electron chi connectivity index (χ1n) is 7.15. The molecule has 1 saturated heterocycles. The first kappa shape index (κ1) is 13.6. The number of amides is 1. The minimum atomic E-state index is 0.178. The molecule has 0 saturated carbocycles. The maximum absolute atomic E-state index is 12.7. The number of aromatic nitrogens is 1. The first-order valence-corrected chi connectivity index (χ1v) is 8.30. The number of hydrogen-bond donors (Lipinski definition) is 0. The standard InChI is InChI=1S/C16H20N2OS/c1-12(2)18-7-6-13-14(4-3-5-15(13)18)16(19)17-8-10-20-11-9-17/h3-7,12H,8-11H2,1-2H3. The van der Waals surface area contributed by atoms with E-state index < -0.39 is 0 Å². The van der Waals surface area contributed by atoms with E-state index in [1.165, 1.54) is 0 Å².